The van der Waals surface area contributed by atoms with Crippen LogP contribution in [0.5, 0.6) is 0 Å². The third-order valence-corrected chi connectivity index (χ3v) is 1.63. The van der Waals surface area contributed by atoms with E-state index in [2.05, 4.69) is 15.3 Å². The number of likely N-dealkylation sites (N-methyl/N-ethyl adjacent to an activating group) is 1. The van der Waals surface area contributed by atoms with Crippen LogP contribution < -0.4 is 11.1 Å². The Hall–Kier alpha value is -1.85. The topological polar surface area (TPSA) is 84.1 Å². The summed E-state index contributed by atoms with van der Waals surface area (Å²) in [6, 6.07) is 0. The second kappa shape index (κ2) is 4.40. The van der Waals surface area contributed by atoms with Crippen LogP contribution in [0.15, 0.2) is 12.4 Å². The molecular formula is C8H13N5O. The van der Waals surface area contributed by atoms with Gasteiger partial charge in [0.25, 0.3) is 0 Å². The SMILES string of the molecule is CN(C)C(=O)CNc1nccnc1N. The Labute approximate surface area is 82.1 Å². The molecule has 1 aromatic heterocycles. The van der Waals surface area contributed by atoms with Gasteiger partial charge < -0.3 is 16.0 Å². The van der Waals surface area contributed by atoms with Crippen molar-refractivity contribution in [3.8, 4) is 0 Å². The van der Waals surface area contributed by atoms with Gasteiger partial charge in [-0.25, -0.2) is 9.97 Å². The summed E-state index contributed by atoms with van der Waals surface area (Å²) >= 11 is 0. The van der Waals surface area contributed by atoms with E-state index in [-0.39, 0.29) is 12.5 Å². The first-order chi connectivity index (χ1) is 6.61. The zero-order chi connectivity index (χ0) is 10.6. The van der Waals surface area contributed by atoms with E-state index in [0.29, 0.717) is 11.6 Å². The van der Waals surface area contributed by atoms with Gasteiger partial charge in [0.05, 0.1) is 6.54 Å². The molecule has 1 amide bonds. The maximum atomic E-state index is 11.2. The molecule has 14 heavy (non-hydrogen) atoms. The van der Waals surface area contributed by atoms with E-state index in [1.54, 1.807) is 14.1 Å². The van der Waals surface area contributed by atoms with Crippen molar-refractivity contribution in [2.45, 2.75) is 0 Å². The van der Waals surface area contributed by atoms with Crippen molar-refractivity contribution in [1.82, 2.24) is 14.9 Å². The van der Waals surface area contributed by atoms with Crippen LogP contribution in [0.4, 0.5) is 11.6 Å². The quantitative estimate of drug-likeness (QED) is 0.683. The van der Waals surface area contributed by atoms with Crippen LogP contribution in [0.25, 0.3) is 0 Å². The number of carbonyl (C=O) groups excluding carboxylic acids is 1. The van der Waals surface area contributed by atoms with Gasteiger partial charge in [0.15, 0.2) is 11.6 Å². The average molecular weight is 195 g/mol. The maximum absolute atomic E-state index is 11.2. The third kappa shape index (κ3) is 2.58. The molecule has 0 aliphatic carbocycles. The molecule has 0 bridgehead atoms. The molecule has 0 saturated carbocycles. The molecule has 0 aliphatic rings. The standard InChI is InChI=1S/C8H13N5O/c1-13(2)6(14)5-12-8-7(9)10-3-4-11-8/h3-4H,5H2,1-2H3,(H2,9,10)(H,11,12). The molecule has 6 nitrogen and oxygen atoms in total. The van der Waals surface area contributed by atoms with E-state index in [4.69, 9.17) is 5.73 Å². The monoisotopic (exact) mass is 195 g/mol. The summed E-state index contributed by atoms with van der Waals surface area (Å²) in [5.41, 5.74) is 5.52. The molecule has 1 heterocycles. The number of hydrogen-bond donors (Lipinski definition) is 2. The minimum absolute atomic E-state index is 0.0462. The molecule has 76 valence electrons. The third-order valence-electron chi connectivity index (χ3n) is 1.63. The molecular weight excluding hydrogens is 182 g/mol. The van der Waals surface area contributed by atoms with Gasteiger partial charge in [-0.3, -0.25) is 4.79 Å². The van der Waals surface area contributed by atoms with Gasteiger partial charge in [0.2, 0.25) is 5.91 Å². The summed E-state index contributed by atoms with van der Waals surface area (Å²) in [5, 5.41) is 2.80. The smallest absolute Gasteiger partial charge is 0.241 e. The van der Waals surface area contributed by atoms with Crippen molar-refractivity contribution in [1.29, 1.82) is 0 Å². The van der Waals surface area contributed by atoms with Crippen LogP contribution in [-0.4, -0.2) is 41.4 Å². The lowest BCUT2D eigenvalue weighted by Gasteiger charge is -2.11. The Balaban J connectivity index is 2.54. The average Bonchev–Trinajstić information content (AvgIpc) is 2.16. The molecule has 0 unspecified atom stereocenters. The first-order valence-corrected chi connectivity index (χ1v) is 4.11. The number of nitrogens with two attached hydrogens (primary N) is 1. The predicted octanol–water partition coefficient (Wildman–Crippen LogP) is -0.441. The highest BCUT2D eigenvalue weighted by molar-refractivity contribution is 5.80. The number of amides is 1. The molecule has 3 N–H and O–H groups in total. The first kappa shape index (κ1) is 10.2. The lowest BCUT2D eigenvalue weighted by Crippen LogP contribution is -2.29. The molecule has 0 saturated heterocycles. The van der Waals surface area contributed by atoms with Crippen molar-refractivity contribution in [2.75, 3.05) is 31.7 Å². The Kier molecular flexibility index (Phi) is 3.22. The van der Waals surface area contributed by atoms with Crippen LogP contribution in [-0.2, 0) is 4.79 Å². The minimum Gasteiger partial charge on any atom is -0.381 e. The summed E-state index contributed by atoms with van der Waals surface area (Å²) in [7, 11) is 3.37. The highest BCUT2D eigenvalue weighted by atomic mass is 16.2. The molecule has 0 aromatic carbocycles. The Morgan fingerprint density at radius 2 is 2.14 bits per heavy atom. The molecule has 0 atom stereocenters. The normalized spacial score (nSPS) is 9.57. The van der Waals surface area contributed by atoms with Crippen LogP contribution in [0.2, 0.25) is 0 Å². The van der Waals surface area contributed by atoms with Gasteiger partial charge in [0, 0.05) is 26.5 Å². The van der Waals surface area contributed by atoms with Crippen molar-refractivity contribution >= 4 is 17.5 Å². The number of carbonyl (C=O) groups is 1. The van der Waals surface area contributed by atoms with E-state index < -0.39 is 0 Å². The fourth-order valence-electron chi connectivity index (χ4n) is 0.802. The lowest BCUT2D eigenvalue weighted by atomic mass is 10.5. The van der Waals surface area contributed by atoms with Crippen LogP contribution in [0.1, 0.15) is 0 Å². The Morgan fingerprint density at radius 3 is 2.71 bits per heavy atom. The minimum atomic E-state index is -0.0462. The van der Waals surface area contributed by atoms with Crippen LogP contribution >= 0.6 is 0 Å². The maximum Gasteiger partial charge on any atom is 0.241 e. The highest BCUT2D eigenvalue weighted by Gasteiger charge is 2.05. The molecule has 1 aromatic rings. The van der Waals surface area contributed by atoms with Crippen molar-refractivity contribution < 1.29 is 4.79 Å². The van der Waals surface area contributed by atoms with Gasteiger partial charge >= 0.3 is 0 Å². The summed E-state index contributed by atoms with van der Waals surface area (Å²) in [5.74, 6) is 0.678. The largest absolute Gasteiger partial charge is 0.381 e. The zero-order valence-electron chi connectivity index (χ0n) is 8.19. The van der Waals surface area contributed by atoms with Gasteiger partial charge in [-0.15, -0.1) is 0 Å². The highest BCUT2D eigenvalue weighted by Crippen LogP contribution is 2.08. The van der Waals surface area contributed by atoms with Gasteiger partial charge in [-0.05, 0) is 0 Å². The van der Waals surface area contributed by atoms with Gasteiger partial charge in [-0.2, -0.15) is 0 Å². The molecule has 0 fully saturated rings. The van der Waals surface area contributed by atoms with Crippen molar-refractivity contribution in [2.24, 2.45) is 0 Å². The van der Waals surface area contributed by atoms with Crippen molar-refractivity contribution in [3.05, 3.63) is 12.4 Å². The number of nitrogens with zero attached hydrogens (tertiary/aromatic N) is 3. The molecule has 0 spiro atoms. The number of nitrogen functional groups attached to an aromatic ring is 1. The molecule has 6 heteroatoms. The lowest BCUT2D eigenvalue weighted by molar-refractivity contribution is -0.126. The van der Waals surface area contributed by atoms with E-state index in [1.807, 2.05) is 0 Å². The fraction of sp³-hybridized carbons (Fsp3) is 0.375. The summed E-state index contributed by atoms with van der Waals surface area (Å²) in [6.07, 6.45) is 3.01. The van der Waals surface area contributed by atoms with E-state index in [9.17, 15) is 4.79 Å². The van der Waals surface area contributed by atoms with Crippen LogP contribution in [0.3, 0.4) is 0 Å². The van der Waals surface area contributed by atoms with E-state index in [0.717, 1.165) is 0 Å². The second-order valence-electron chi connectivity index (χ2n) is 2.93. The number of rotatable bonds is 3. The summed E-state index contributed by atoms with van der Waals surface area (Å²) < 4.78 is 0. The van der Waals surface area contributed by atoms with E-state index >= 15 is 0 Å². The zero-order valence-corrected chi connectivity index (χ0v) is 8.19. The number of nitrogens with one attached hydrogen (secondary N) is 1. The summed E-state index contributed by atoms with van der Waals surface area (Å²) in [4.78, 5) is 20.5. The molecule has 1 rings (SSSR count). The fourth-order valence-corrected chi connectivity index (χ4v) is 0.802. The van der Waals surface area contributed by atoms with Gasteiger partial charge in [0.1, 0.15) is 0 Å². The van der Waals surface area contributed by atoms with Crippen LogP contribution in [0, 0.1) is 0 Å². The second-order valence-corrected chi connectivity index (χ2v) is 2.93. The number of hydrogen-bond acceptors (Lipinski definition) is 5. The predicted molar refractivity (Wildman–Crippen MR) is 53.6 cm³/mol. The molecule has 0 radical (unpaired) electrons. The molecule has 0 aliphatic heterocycles. The number of aromatic nitrogens is 2. The Bertz CT molecular complexity index is 325. The van der Waals surface area contributed by atoms with E-state index in [1.165, 1.54) is 17.3 Å². The summed E-state index contributed by atoms with van der Waals surface area (Å²) in [6.45, 7) is 0.163. The van der Waals surface area contributed by atoms with Crippen molar-refractivity contribution in [3.63, 3.8) is 0 Å². The van der Waals surface area contributed by atoms with Gasteiger partial charge in [-0.1, -0.05) is 0 Å². The Morgan fingerprint density at radius 1 is 1.50 bits per heavy atom. The first-order valence-electron chi connectivity index (χ1n) is 4.11. The number of anilines is 2.